The second-order valence-electron chi connectivity index (χ2n) is 6.57. The molecule has 2 atom stereocenters. The number of carbonyl (C=O) groups excluding carboxylic acids is 2. The van der Waals surface area contributed by atoms with Gasteiger partial charge in [0.25, 0.3) is 0 Å². The lowest BCUT2D eigenvalue weighted by Gasteiger charge is -2.16. The number of hydrogen-bond donors (Lipinski definition) is 4. The molecule has 0 unspecified atom stereocenters. The van der Waals surface area contributed by atoms with E-state index in [4.69, 9.17) is 15.3 Å². The number of hydrogen-bond acceptors (Lipinski definition) is 7. The number of carboxylic acid groups (broad SMARTS) is 1. The number of nitrogens with one attached hydrogen (secondary N) is 2. The smallest absolute Gasteiger partial charge is 0.408 e. The number of carboxylic acids is 1. The topological polar surface area (TPSA) is 152 Å². The van der Waals surface area contributed by atoms with Crippen molar-refractivity contribution in [2.45, 2.75) is 44.4 Å². The van der Waals surface area contributed by atoms with E-state index in [0.717, 1.165) is 11.3 Å². The average molecular weight is 406 g/mol. The van der Waals surface area contributed by atoms with Crippen LogP contribution in [0.25, 0.3) is 0 Å². The maximum absolute atomic E-state index is 12.0. The van der Waals surface area contributed by atoms with Crippen molar-refractivity contribution in [2.75, 3.05) is 13.1 Å². The zero-order valence-electron chi connectivity index (χ0n) is 16.0. The van der Waals surface area contributed by atoms with Crippen molar-refractivity contribution in [3.05, 3.63) is 35.9 Å². The number of ether oxygens (including phenoxy) is 1. The highest BCUT2D eigenvalue weighted by Gasteiger charge is 2.23. The molecule has 1 aromatic carbocycles. The average Bonchev–Trinajstić information content (AvgIpc) is 3.16. The van der Waals surface area contributed by atoms with Crippen molar-refractivity contribution in [1.29, 1.82) is 0 Å². The summed E-state index contributed by atoms with van der Waals surface area (Å²) in [5, 5.41) is 17.9. The number of alkyl carbamates (subject to hydrolysis) is 1. The molecular formula is C19H26N4O6. The predicted molar refractivity (Wildman–Crippen MR) is 104 cm³/mol. The highest BCUT2D eigenvalue weighted by atomic mass is 16.6. The van der Waals surface area contributed by atoms with E-state index >= 15 is 0 Å². The minimum Gasteiger partial charge on any atom is -0.480 e. The summed E-state index contributed by atoms with van der Waals surface area (Å²) in [7, 11) is 0. The van der Waals surface area contributed by atoms with E-state index in [0.29, 0.717) is 25.8 Å². The Morgan fingerprint density at radius 3 is 2.76 bits per heavy atom. The first-order chi connectivity index (χ1) is 14.0. The van der Waals surface area contributed by atoms with Crippen molar-refractivity contribution >= 4 is 23.7 Å². The number of rotatable bonds is 11. The molecule has 2 rings (SSSR count). The number of nitrogens with zero attached hydrogens (tertiary/aromatic N) is 1. The van der Waals surface area contributed by atoms with Crippen LogP contribution in [0.3, 0.4) is 0 Å². The molecule has 29 heavy (non-hydrogen) atoms. The molecule has 158 valence electrons. The van der Waals surface area contributed by atoms with Gasteiger partial charge in [0.1, 0.15) is 18.8 Å². The van der Waals surface area contributed by atoms with Gasteiger partial charge in [-0.25, -0.2) is 9.59 Å². The lowest BCUT2D eigenvalue weighted by molar-refractivity contribution is -0.139. The van der Waals surface area contributed by atoms with Crippen LogP contribution in [0.2, 0.25) is 0 Å². The van der Waals surface area contributed by atoms with Gasteiger partial charge in [-0.15, -0.1) is 0 Å². The molecule has 1 heterocycles. The number of amides is 2. The van der Waals surface area contributed by atoms with Gasteiger partial charge in [-0.2, -0.15) is 0 Å². The lowest BCUT2D eigenvalue weighted by atomic mass is 10.1. The van der Waals surface area contributed by atoms with Crippen LogP contribution in [0.15, 0.2) is 35.5 Å². The SMILES string of the molecule is NCCC1=NO[C@H](CCC(=O)NC[C@H](NC(=O)OCc2ccccc2)C(=O)O)C1. The highest BCUT2D eigenvalue weighted by Crippen LogP contribution is 2.16. The van der Waals surface area contributed by atoms with Gasteiger partial charge < -0.3 is 31.0 Å². The normalized spacial score (nSPS) is 16.3. The van der Waals surface area contributed by atoms with E-state index in [1.54, 1.807) is 24.3 Å². The summed E-state index contributed by atoms with van der Waals surface area (Å²) in [5.74, 6) is -1.62. The Kier molecular flexibility index (Phi) is 8.90. The Morgan fingerprint density at radius 1 is 1.31 bits per heavy atom. The van der Waals surface area contributed by atoms with Crippen molar-refractivity contribution in [3.8, 4) is 0 Å². The van der Waals surface area contributed by atoms with E-state index in [2.05, 4.69) is 15.8 Å². The maximum Gasteiger partial charge on any atom is 0.408 e. The first-order valence-electron chi connectivity index (χ1n) is 9.36. The summed E-state index contributed by atoms with van der Waals surface area (Å²) in [6.07, 6.45) is 0.851. The van der Waals surface area contributed by atoms with Gasteiger partial charge in [0, 0.05) is 25.8 Å². The lowest BCUT2D eigenvalue weighted by Crippen LogP contribution is -2.48. The minimum absolute atomic E-state index is 0.0149. The molecule has 10 heteroatoms. The molecule has 0 saturated carbocycles. The zero-order chi connectivity index (χ0) is 21.1. The minimum atomic E-state index is -1.30. The summed E-state index contributed by atoms with van der Waals surface area (Å²) in [5.41, 5.74) is 7.11. The van der Waals surface area contributed by atoms with Crippen LogP contribution >= 0.6 is 0 Å². The molecule has 1 aliphatic rings. The van der Waals surface area contributed by atoms with Crippen molar-refractivity contribution < 1.29 is 29.1 Å². The highest BCUT2D eigenvalue weighted by molar-refractivity contribution is 5.85. The standard InChI is InChI=1S/C19H26N4O6/c20-9-8-14-10-15(29-23-14)6-7-17(24)21-11-16(18(25)26)22-19(27)28-12-13-4-2-1-3-5-13/h1-5,15-16H,6-12,20H2,(H,21,24)(H,22,27)(H,25,26)/t15-,16+/m1/s1. The second-order valence-corrected chi connectivity index (χ2v) is 6.57. The number of benzene rings is 1. The van der Waals surface area contributed by atoms with Crippen LogP contribution in [0.1, 0.15) is 31.2 Å². The molecular weight excluding hydrogens is 380 g/mol. The Morgan fingerprint density at radius 2 is 2.07 bits per heavy atom. The van der Waals surface area contributed by atoms with Crippen LogP contribution in [0.4, 0.5) is 4.79 Å². The molecule has 5 N–H and O–H groups in total. The number of aliphatic carboxylic acids is 1. The van der Waals surface area contributed by atoms with Gasteiger partial charge in [-0.1, -0.05) is 35.5 Å². The molecule has 10 nitrogen and oxygen atoms in total. The Labute approximate surface area is 168 Å². The molecule has 0 radical (unpaired) electrons. The molecule has 0 spiro atoms. The van der Waals surface area contributed by atoms with E-state index in [1.165, 1.54) is 0 Å². The molecule has 1 aromatic rings. The zero-order valence-corrected chi connectivity index (χ0v) is 16.0. The first kappa shape index (κ1) is 22.2. The number of nitrogens with two attached hydrogens (primary N) is 1. The van der Waals surface area contributed by atoms with E-state index in [1.807, 2.05) is 6.07 Å². The van der Waals surface area contributed by atoms with Crippen molar-refractivity contribution in [3.63, 3.8) is 0 Å². The van der Waals surface area contributed by atoms with Crippen molar-refractivity contribution in [1.82, 2.24) is 10.6 Å². The monoisotopic (exact) mass is 406 g/mol. The van der Waals surface area contributed by atoms with Crippen LogP contribution in [-0.4, -0.2) is 54.0 Å². The molecule has 0 aliphatic carbocycles. The molecule has 0 bridgehead atoms. The Hall–Kier alpha value is -3.14. The summed E-state index contributed by atoms with van der Waals surface area (Å²) in [6, 6.07) is 7.68. The Bertz CT molecular complexity index is 725. The van der Waals surface area contributed by atoms with Gasteiger partial charge in [-0.05, 0) is 18.5 Å². The molecule has 0 saturated heterocycles. The third-order valence-electron chi connectivity index (χ3n) is 4.23. The summed E-state index contributed by atoms with van der Waals surface area (Å²) >= 11 is 0. The van der Waals surface area contributed by atoms with Crippen LogP contribution < -0.4 is 16.4 Å². The number of oxime groups is 1. The van der Waals surface area contributed by atoms with Gasteiger partial charge in [0.05, 0.1) is 5.71 Å². The Balaban J connectivity index is 1.67. The van der Waals surface area contributed by atoms with Crippen LogP contribution in [0, 0.1) is 0 Å². The van der Waals surface area contributed by atoms with Gasteiger partial charge in [0.15, 0.2) is 0 Å². The first-order valence-corrected chi connectivity index (χ1v) is 9.36. The van der Waals surface area contributed by atoms with Crippen molar-refractivity contribution in [2.24, 2.45) is 10.9 Å². The van der Waals surface area contributed by atoms with E-state index in [-0.39, 0.29) is 31.6 Å². The number of carbonyl (C=O) groups is 3. The fourth-order valence-electron chi connectivity index (χ4n) is 2.66. The molecule has 0 aromatic heterocycles. The molecule has 1 aliphatic heterocycles. The van der Waals surface area contributed by atoms with E-state index in [9.17, 15) is 19.5 Å². The second kappa shape index (κ2) is 11.6. The quantitative estimate of drug-likeness (QED) is 0.423. The molecule has 0 fully saturated rings. The third kappa shape index (κ3) is 8.18. The van der Waals surface area contributed by atoms with E-state index < -0.39 is 18.1 Å². The van der Waals surface area contributed by atoms with Gasteiger partial charge >= 0.3 is 12.1 Å². The van der Waals surface area contributed by atoms with Crippen LogP contribution in [0.5, 0.6) is 0 Å². The largest absolute Gasteiger partial charge is 0.480 e. The maximum atomic E-state index is 12.0. The summed E-state index contributed by atoms with van der Waals surface area (Å²) < 4.78 is 5.00. The molecule has 2 amide bonds. The van der Waals surface area contributed by atoms with Crippen LogP contribution in [-0.2, 0) is 25.8 Å². The third-order valence-corrected chi connectivity index (χ3v) is 4.23. The fraction of sp³-hybridized carbons (Fsp3) is 0.474. The summed E-state index contributed by atoms with van der Waals surface area (Å²) in [6.45, 7) is 0.253. The van der Waals surface area contributed by atoms with Gasteiger partial charge in [0.2, 0.25) is 5.91 Å². The predicted octanol–water partition coefficient (Wildman–Crippen LogP) is 0.756. The fourth-order valence-corrected chi connectivity index (χ4v) is 2.66. The van der Waals surface area contributed by atoms with Gasteiger partial charge in [-0.3, -0.25) is 4.79 Å². The summed E-state index contributed by atoms with van der Waals surface area (Å²) in [4.78, 5) is 40.3.